The molecule has 0 radical (unpaired) electrons. The van der Waals surface area contributed by atoms with Crippen molar-refractivity contribution in [3.63, 3.8) is 0 Å². The van der Waals surface area contributed by atoms with Crippen LogP contribution in [0.1, 0.15) is 10.9 Å². The Balaban J connectivity index is 2.94. The minimum Gasteiger partial charge on any atom is -0.369 e. The smallest absolute Gasteiger partial charge is 0.232 e. The number of halogens is 3. The Bertz CT molecular complexity index is 345. The third kappa shape index (κ3) is 2.74. The van der Waals surface area contributed by atoms with Crippen molar-refractivity contribution >= 4 is 51.7 Å². The summed E-state index contributed by atoms with van der Waals surface area (Å²) in [6, 6.07) is 7.15. The first-order chi connectivity index (χ1) is 6.54. The lowest BCUT2D eigenvalue weighted by molar-refractivity contribution is -0.117. The fraction of sp³-hybridized carbons (Fsp3) is 0.222. The van der Waals surface area contributed by atoms with E-state index in [0.717, 1.165) is 5.56 Å². The van der Waals surface area contributed by atoms with Crippen LogP contribution in [0.5, 0.6) is 0 Å². The molecule has 0 saturated heterocycles. The van der Waals surface area contributed by atoms with Gasteiger partial charge >= 0.3 is 0 Å². The van der Waals surface area contributed by atoms with E-state index in [4.69, 9.17) is 28.9 Å². The molecule has 1 aromatic carbocycles. The van der Waals surface area contributed by atoms with E-state index in [-0.39, 0.29) is 0 Å². The summed E-state index contributed by atoms with van der Waals surface area (Å²) >= 11 is 13.9. The number of hydrogen-bond acceptors (Lipinski definition) is 1. The van der Waals surface area contributed by atoms with Crippen LogP contribution in [-0.4, -0.2) is 9.83 Å². The first-order valence-corrected chi connectivity index (χ1v) is 5.92. The molecule has 0 spiro atoms. The molecule has 1 amide bonds. The van der Waals surface area contributed by atoms with E-state index < -0.39 is 15.2 Å². The van der Waals surface area contributed by atoms with Crippen molar-refractivity contribution in [1.82, 2.24) is 0 Å². The molecule has 0 fully saturated rings. The maximum Gasteiger partial charge on any atom is 0.232 e. The van der Waals surface area contributed by atoms with Gasteiger partial charge < -0.3 is 5.73 Å². The number of amides is 1. The second kappa shape index (κ2) is 5.19. The lowest BCUT2D eigenvalue weighted by atomic mass is 10.1. The normalized spacial score (nSPS) is 14.8. The van der Waals surface area contributed by atoms with E-state index in [9.17, 15) is 4.79 Å². The largest absolute Gasteiger partial charge is 0.369 e. The molecule has 76 valence electrons. The van der Waals surface area contributed by atoms with Gasteiger partial charge in [0.1, 0.15) is 3.92 Å². The summed E-state index contributed by atoms with van der Waals surface area (Å²) < 4.78 is -0.464. The number of nitrogens with two attached hydrogens (primary N) is 1. The molecule has 1 aromatic rings. The number of carbonyl (C=O) groups excluding carboxylic acids is 1. The van der Waals surface area contributed by atoms with Crippen molar-refractivity contribution in [1.29, 1.82) is 0 Å². The van der Waals surface area contributed by atoms with E-state index >= 15 is 0 Å². The van der Waals surface area contributed by atoms with Crippen LogP contribution in [-0.2, 0) is 4.79 Å². The van der Waals surface area contributed by atoms with Gasteiger partial charge in [0.2, 0.25) is 5.91 Å². The van der Waals surface area contributed by atoms with Crippen molar-refractivity contribution in [2.24, 2.45) is 5.73 Å². The number of primary amides is 1. The van der Waals surface area contributed by atoms with Crippen molar-refractivity contribution in [3.05, 3.63) is 34.9 Å². The Kier molecular flexibility index (Phi) is 4.47. The maximum absolute atomic E-state index is 10.9. The second-order valence-electron chi connectivity index (χ2n) is 2.73. The van der Waals surface area contributed by atoms with E-state index in [1.807, 2.05) is 34.7 Å². The molecule has 0 bridgehead atoms. The monoisotopic (exact) mass is 343 g/mol. The molecule has 0 aromatic heterocycles. The number of benzene rings is 1. The minimum absolute atomic E-state index is 0.439. The molecule has 0 aliphatic rings. The summed E-state index contributed by atoms with van der Waals surface area (Å²) in [5.41, 5.74) is 5.88. The first kappa shape index (κ1) is 12.1. The van der Waals surface area contributed by atoms with Crippen LogP contribution in [0.15, 0.2) is 24.3 Å². The third-order valence-corrected chi connectivity index (χ3v) is 4.32. The molecule has 0 heterocycles. The number of carbonyl (C=O) groups is 1. The summed E-state index contributed by atoms with van der Waals surface area (Å²) in [4.78, 5) is 10.9. The van der Waals surface area contributed by atoms with Crippen molar-refractivity contribution in [3.8, 4) is 0 Å². The van der Waals surface area contributed by atoms with Crippen molar-refractivity contribution < 1.29 is 4.79 Å². The Morgan fingerprint density at radius 3 is 2.50 bits per heavy atom. The number of hydrogen-bond donors (Lipinski definition) is 1. The van der Waals surface area contributed by atoms with Gasteiger partial charge in [0.05, 0.1) is 5.38 Å². The van der Waals surface area contributed by atoms with E-state index in [0.29, 0.717) is 5.02 Å². The minimum atomic E-state index is -0.484. The molecule has 2 atom stereocenters. The highest BCUT2D eigenvalue weighted by molar-refractivity contribution is 14.1. The molecule has 14 heavy (non-hydrogen) atoms. The average molecular weight is 344 g/mol. The topological polar surface area (TPSA) is 43.1 Å². The maximum atomic E-state index is 10.9. The van der Waals surface area contributed by atoms with Gasteiger partial charge in [0.15, 0.2) is 0 Å². The molecule has 2 unspecified atom stereocenters. The number of alkyl halides is 2. The fourth-order valence-electron chi connectivity index (χ4n) is 1.00. The highest BCUT2D eigenvalue weighted by atomic mass is 127. The first-order valence-electron chi connectivity index (χ1n) is 3.86. The van der Waals surface area contributed by atoms with Crippen molar-refractivity contribution in [2.45, 2.75) is 9.30 Å². The molecule has 0 aliphatic carbocycles. The summed E-state index contributed by atoms with van der Waals surface area (Å²) in [6.07, 6.45) is 0. The Morgan fingerprint density at radius 1 is 1.43 bits per heavy atom. The van der Waals surface area contributed by atoms with Gasteiger partial charge in [-0.2, -0.15) is 0 Å². The predicted octanol–water partition coefficient (Wildman–Crippen LogP) is 2.91. The molecular weight excluding hydrogens is 336 g/mol. The molecule has 0 saturated carbocycles. The zero-order chi connectivity index (χ0) is 10.7. The Morgan fingerprint density at radius 2 is 2.00 bits per heavy atom. The fourth-order valence-corrected chi connectivity index (χ4v) is 2.01. The zero-order valence-corrected chi connectivity index (χ0v) is 10.8. The van der Waals surface area contributed by atoms with Gasteiger partial charge in [-0.25, -0.2) is 0 Å². The SMILES string of the molecule is NC(=O)C(I)C(Cl)c1ccccc1Cl. The van der Waals surface area contributed by atoms with Gasteiger partial charge in [-0.05, 0) is 11.6 Å². The second-order valence-corrected chi connectivity index (χ2v) is 4.95. The average Bonchev–Trinajstić information content (AvgIpc) is 2.16. The Labute approximate surface area is 106 Å². The van der Waals surface area contributed by atoms with Gasteiger partial charge in [-0.1, -0.05) is 52.4 Å². The van der Waals surface area contributed by atoms with Crippen LogP contribution in [0.2, 0.25) is 5.02 Å². The zero-order valence-electron chi connectivity index (χ0n) is 7.08. The van der Waals surface area contributed by atoms with Crippen LogP contribution >= 0.6 is 45.8 Å². The van der Waals surface area contributed by atoms with Gasteiger partial charge in [-0.15, -0.1) is 11.6 Å². The standard InChI is InChI=1S/C9H8Cl2INO/c10-6-4-2-1-3-5(6)7(11)8(12)9(13)14/h1-4,7-8H,(H2,13,14). The van der Waals surface area contributed by atoms with Gasteiger partial charge in [0, 0.05) is 5.02 Å². The van der Waals surface area contributed by atoms with Gasteiger partial charge in [-0.3, -0.25) is 4.79 Å². The van der Waals surface area contributed by atoms with E-state index in [2.05, 4.69) is 0 Å². The molecule has 1 rings (SSSR count). The van der Waals surface area contributed by atoms with Crippen LogP contribution in [0, 0.1) is 0 Å². The highest BCUT2D eigenvalue weighted by Gasteiger charge is 2.24. The van der Waals surface area contributed by atoms with E-state index in [1.165, 1.54) is 0 Å². The van der Waals surface area contributed by atoms with E-state index in [1.54, 1.807) is 12.1 Å². The summed E-state index contributed by atoms with van der Waals surface area (Å²) in [5.74, 6) is -0.439. The third-order valence-electron chi connectivity index (χ3n) is 1.73. The number of rotatable bonds is 3. The quantitative estimate of drug-likeness (QED) is 0.665. The summed E-state index contributed by atoms with van der Waals surface area (Å²) in [6.45, 7) is 0. The van der Waals surface area contributed by atoms with Crippen molar-refractivity contribution in [2.75, 3.05) is 0 Å². The molecule has 2 nitrogen and oxygen atoms in total. The molecule has 2 N–H and O–H groups in total. The Hall–Kier alpha value is -0.000000000000000111. The molecule has 0 aliphatic heterocycles. The lowest BCUT2D eigenvalue weighted by Crippen LogP contribution is -2.26. The van der Waals surface area contributed by atoms with Gasteiger partial charge in [0.25, 0.3) is 0 Å². The molecule has 5 heteroatoms. The molecular formula is C9H8Cl2INO. The van der Waals surface area contributed by atoms with Crippen LogP contribution in [0.3, 0.4) is 0 Å². The van der Waals surface area contributed by atoms with Crippen LogP contribution < -0.4 is 5.73 Å². The summed E-state index contributed by atoms with van der Waals surface area (Å²) in [7, 11) is 0. The lowest BCUT2D eigenvalue weighted by Gasteiger charge is -2.14. The highest BCUT2D eigenvalue weighted by Crippen LogP contribution is 2.33. The predicted molar refractivity (Wildman–Crippen MR) is 67.0 cm³/mol. The van der Waals surface area contributed by atoms with Crippen LogP contribution in [0.4, 0.5) is 0 Å². The summed E-state index contributed by atoms with van der Waals surface area (Å²) in [5, 5.41) is 0.0669. The van der Waals surface area contributed by atoms with Crippen LogP contribution in [0.25, 0.3) is 0 Å².